The van der Waals surface area contributed by atoms with Crippen molar-refractivity contribution < 1.29 is 33.7 Å². The number of para-hydroxylation sites is 2. The summed E-state index contributed by atoms with van der Waals surface area (Å²) in [5.74, 6) is 0. The lowest BCUT2D eigenvalue weighted by Crippen LogP contribution is -2.22. The van der Waals surface area contributed by atoms with E-state index in [1.165, 1.54) is 0 Å². The monoisotopic (exact) mass is 313 g/mol. The van der Waals surface area contributed by atoms with Crippen molar-refractivity contribution in [2.45, 2.75) is 10.5 Å². The lowest BCUT2D eigenvalue weighted by Gasteiger charge is -2.12. The SMILES string of the molecule is O=C(O)OCC(COC(=O)O)Sc1nc2ccccc2o1. The van der Waals surface area contributed by atoms with Gasteiger partial charge >= 0.3 is 12.3 Å². The Hall–Kier alpha value is -2.42. The summed E-state index contributed by atoms with van der Waals surface area (Å²) in [5.41, 5.74) is 1.23. The number of nitrogens with zero attached hydrogens (tertiary/aromatic N) is 1. The van der Waals surface area contributed by atoms with Crippen LogP contribution in [-0.4, -0.2) is 46.0 Å². The molecule has 0 atom stereocenters. The highest BCUT2D eigenvalue weighted by Gasteiger charge is 2.19. The molecular formula is C12H11NO7S. The second kappa shape index (κ2) is 6.84. The lowest BCUT2D eigenvalue weighted by atomic mass is 10.3. The molecule has 0 aliphatic heterocycles. The van der Waals surface area contributed by atoms with Gasteiger partial charge in [-0.1, -0.05) is 23.9 Å². The van der Waals surface area contributed by atoms with Crippen LogP contribution in [-0.2, 0) is 9.47 Å². The molecule has 0 fully saturated rings. The van der Waals surface area contributed by atoms with Gasteiger partial charge in [-0.2, -0.15) is 0 Å². The first-order chi connectivity index (χ1) is 10.0. The summed E-state index contributed by atoms with van der Waals surface area (Å²) in [4.78, 5) is 25.0. The summed E-state index contributed by atoms with van der Waals surface area (Å²) in [6.07, 6.45) is -2.90. The number of hydrogen-bond acceptors (Lipinski definition) is 7. The van der Waals surface area contributed by atoms with Crippen LogP contribution in [0.4, 0.5) is 9.59 Å². The number of ether oxygens (including phenoxy) is 2. The van der Waals surface area contributed by atoms with E-state index in [1.807, 2.05) is 0 Å². The number of carbonyl (C=O) groups is 2. The van der Waals surface area contributed by atoms with Crippen LogP contribution >= 0.6 is 11.8 Å². The molecule has 2 rings (SSSR count). The highest BCUT2D eigenvalue weighted by Crippen LogP contribution is 2.27. The maximum absolute atomic E-state index is 10.4. The highest BCUT2D eigenvalue weighted by atomic mass is 32.2. The van der Waals surface area contributed by atoms with Gasteiger partial charge < -0.3 is 24.1 Å². The average Bonchev–Trinajstić information content (AvgIpc) is 2.83. The molecule has 2 aromatic rings. The summed E-state index contributed by atoms with van der Waals surface area (Å²) >= 11 is 1.04. The molecule has 2 N–H and O–H groups in total. The second-order valence-corrected chi connectivity index (χ2v) is 5.09. The van der Waals surface area contributed by atoms with Gasteiger partial charge in [0.25, 0.3) is 5.22 Å². The fraction of sp³-hybridized carbons (Fsp3) is 0.250. The molecule has 0 spiro atoms. The Morgan fingerprint density at radius 1 is 1.19 bits per heavy atom. The largest absolute Gasteiger partial charge is 0.505 e. The van der Waals surface area contributed by atoms with Crippen LogP contribution in [0.3, 0.4) is 0 Å². The van der Waals surface area contributed by atoms with Crippen molar-refractivity contribution >= 4 is 35.2 Å². The van der Waals surface area contributed by atoms with E-state index < -0.39 is 17.6 Å². The van der Waals surface area contributed by atoms with E-state index in [4.69, 9.17) is 14.6 Å². The van der Waals surface area contributed by atoms with Crippen LogP contribution in [0, 0.1) is 0 Å². The zero-order chi connectivity index (χ0) is 15.2. The number of oxazole rings is 1. The lowest BCUT2D eigenvalue weighted by molar-refractivity contribution is 0.0712. The highest BCUT2D eigenvalue weighted by molar-refractivity contribution is 7.99. The first-order valence-electron chi connectivity index (χ1n) is 5.78. The number of rotatable bonds is 6. The van der Waals surface area contributed by atoms with Crippen molar-refractivity contribution in [3.8, 4) is 0 Å². The van der Waals surface area contributed by atoms with Gasteiger partial charge in [0.05, 0.1) is 5.25 Å². The number of hydrogen-bond donors (Lipinski definition) is 2. The third-order valence-electron chi connectivity index (χ3n) is 2.33. The van der Waals surface area contributed by atoms with Crippen LogP contribution in [0.1, 0.15) is 0 Å². The van der Waals surface area contributed by atoms with Crippen molar-refractivity contribution in [3.63, 3.8) is 0 Å². The van der Waals surface area contributed by atoms with Gasteiger partial charge in [-0.3, -0.25) is 0 Å². The van der Waals surface area contributed by atoms with Gasteiger partial charge in [0, 0.05) is 0 Å². The molecule has 0 aliphatic rings. The standard InChI is InChI=1S/C12H11NO7S/c14-11(15)18-5-7(6-19-12(16)17)21-10-13-8-3-1-2-4-9(8)20-10/h1-4,7H,5-6H2,(H,14,15)(H,16,17). The average molecular weight is 313 g/mol. The van der Waals surface area contributed by atoms with E-state index in [0.717, 1.165) is 11.8 Å². The first-order valence-corrected chi connectivity index (χ1v) is 6.66. The minimum atomic E-state index is -1.45. The van der Waals surface area contributed by atoms with E-state index in [-0.39, 0.29) is 18.4 Å². The molecule has 0 saturated carbocycles. The maximum atomic E-state index is 10.4. The summed E-state index contributed by atoms with van der Waals surface area (Å²) in [5, 5.41) is 16.7. The third kappa shape index (κ3) is 4.56. The molecule has 0 amide bonds. The molecule has 9 heteroatoms. The van der Waals surface area contributed by atoms with E-state index in [9.17, 15) is 9.59 Å². The normalized spacial score (nSPS) is 10.7. The Balaban J connectivity index is 2.04. The Morgan fingerprint density at radius 3 is 2.38 bits per heavy atom. The number of benzene rings is 1. The molecule has 0 bridgehead atoms. The van der Waals surface area contributed by atoms with Crippen LogP contribution in [0.2, 0.25) is 0 Å². The van der Waals surface area contributed by atoms with Crippen molar-refractivity contribution in [1.29, 1.82) is 0 Å². The van der Waals surface area contributed by atoms with Crippen molar-refractivity contribution in [2.75, 3.05) is 13.2 Å². The van der Waals surface area contributed by atoms with Gasteiger partial charge in [0.2, 0.25) is 0 Å². The molecule has 8 nitrogen and oxygen atoms in total. The Bertz CT molecular complexity index is 590. The molecule has 1 heterocycles. The van der Waals surface area contributed by atoms with Gasteiger partial charge in [-0.25, -0.2) is 14.6 Å². The van der Waals surface area contributed by atoms with Gasteiger partial charge in [0.1, 0.15) is 18.7 Å². The number of thioether (sulfide) groups is 1. The quantitative estimate of drug-likeness (QED) is 0.612. The molecule has 112 valence electrons. The Kier molecular flexibility index (Phi) is 4.88. The molecule has 0 radical (unpaired) electrons. The zero-order valence-corrected chi connectivity index (χ0v) is 11.4. The minimum absolute atomic E-state index is 0.244. The van der Waals surface area contributed by atoms with Crippen LogP contribution < -0.4 is 0 Å². The van der Waals surface area contributed by atoms with Crippen LogP contribution in [0.15, 0.2) is 33.9 Å². The summed E-state index contributed by atoms with van der Waals surface area (Å²) < 4.78 is 14.3. The van der Waals surface area contributed by atoms with Crippen LogP contribution in [0.25, 0.3) is 11.1 Å². The van der Waals surface area contributed by atoms with E-state index >= 15 is 0 Å². The Morgan fingerprint density at radius 2 is 1.81 bits per heavy atom. The molecule has 0 saturated heterocycles. The molecule has 1 aromatic heterocycles. The van der Waals surface area contributed by atoms with E-state index in [1.54, 1.807) is 24.3 Å². The number of fused-ring (bicyclic) bond motifs is 1. The zero-order valence-electron chi connectivity index (χ0n) is 10.6. The second-order valence-electron chi connectivity index (χ2n) is 3.84. The van der Waals surface area contributed by atoms with Gasteiger partial charge in [0.15, 0.2) is 5.58 Å². The summed E-state index contributed by atoms with van der Waals surface area (Å²) in [6, 6.07) is 7.10. The maximum Gasteiger partial charge on any atom is 0.505 e. The molecule has 0 aliphatic carbocycles. The van der Waals surface area contributed by atoms with Crippen molar-refractivity contribution in [3.05, 3.63) is 24.3 Å². The first kappa shape index (κ1) is 15.0. The predicted octanol–water partition coefficient (Wildman–Crippen LogP) is 2.68. The Labute approximate surface area is 122 Å². The van der Waals surface area contributed by atoms with E-state index in [2.05, 4.69) is 14.5 Å². The predicted molar refractivity (Wildman–Crippen MR) is 71.6 cm³/mol. The number of carboxylic acid groups (broad SMARTS) is 2. The smallest absolute Gasteiger partial charge is 0.450 e. The fourth-order valence-electron chi connectivity index (χ4n) is 1.49. The molecular weight excluding hydrogens is 302 g/mol. The summed E-state index contributed by atoms with van der Waals surface area (Å²) in [7, 11) is 0. The molecule has 0 unspecified atom stereocenters. The molecule has 1 aromatic carbocycles. The fourth-order valence-corrected chi connectivity index (χ4v) is 2.33. The number of aromatic nitrogens is 1. The van der Waals surface area contributed by atoms with Crippen LogP contribution in [0.5, 0.6) is 0 Å². The minimum Gasteiger partial charge on any atom is -0.450 e. The van der Waals surface area contributed by atoms with Gasteiger partial charge in [-0.15, -0.1) is 0 Å². The van der Waals surface area contributed by atoms with E-state index in [0.29, 0.717) is 11.1 Å². The van der Waals surface area contributed by atoms with Crippen molar-refractivity contribution in [2.24, 2.45) is 0 Å². The topological polar surface area (TPSA) is 119 Å². The molecule has 21 heavy (non-hydrogen) atoms. The van der Waals surface area contributed by atoms with Crippen molar-refractivity contribution in [1.82, 2.24) is 4.98 Å². The van der Waals surface area contributed by atoms with Gasteiger partial charge in [-0.05, 0) is 12.1 Å². The summed E-state index contributed by atoms with van der Waals surface area (Å²) in [6.45, 7) is -0.488. The third-order valence-corrected chi connectivity index (χ3v) is 3.31.